The summed E-state index contributed by atoms with van der Waals surface area (Å²) in [6.07, 6.45) is 3.73. The third-order valence-electron chi connectivity index (χ3n) is 1.97. The van der Waals surface area contributed by atoms with Gasteiger partial charge >= 0.3 is 0 Å². The largest absolute Gasteiger partial charge is 0.507 e. The minimum Gasteiger partial charge on any atom is -0.507 e. The second kappa shape index (κ2) is 4.46. The Balaban J connectivity index is 3.20. The highest BCUT2D eigenvalue weighted by Crippen LogP contribution is 2.22. The quantitative estimate of drug-likeness (QED) is 0.333. The maximum Gasteiger partial charge on any atom is 0.127 e. The Hall–Kier alpha value is -1.77. The molecule has 0 aliphatic heterocycles. The molecule has 0 fully saturated rings. The number of phenolic OH excluding ortho intramolecular Hbond substituents is 1. The number of rotatable bonds is 3. The molecule has 1 rings (SSSR count). The van der Waals surface area contributed by atoms with Crippen LogP contribution in [0.1, 0.15) is 16.7 Å². The topological polar surface area (TPSA) is 52.8 Å². The smallest absolute Gasteiger partial charge is 0.127 e. The van der Waals surface area contributed by atoms with Crippen molar-refractivity contribution in [2.45, 2.75) is 13.3 Å². The van der Waals surface area contributed by atoms with Gasteiger partial charge in [0.15, 0.2) is 0 Å². The first-order valence-corrected chi connectivity index (χ1v) is 4.30. The molecule has 0 aliphatic rings. The van der Waals surface area contributed by atoms with Gasteiger partial charge in [-0.05, 0) is 30.5 Å². The number of oxime groups is 1. The standard InChI is InChI=1S/C11H13NO2/c1-3-4-9-5-8(2)11(13)10(6-9)7-12-14/h3,5-7,13-14H,1,4H2,2H3. The first kappa shape index (κ1) is 10.3. The Bertz CT molecular complexity index is 370. The fourth-order valence-corrected chi connectivity index (χ4v) is 1.33. The Morgan fingerprint density at radius 3 is 2.79 bits per heavy atom. The van der Waals surface area contributed by atoms with Crippen molar-refractivity contribution in [1.82, 2.24) is 0 Å². The highest BCUT2D eigenvalue weighted by atomic mass is 16.4. The summed E-state index contributed by atoms with van der Waals surface area (Å²) in [7, 11) is 0. The van der Waals surface area contributed by atoms with E-state index in [1.54, 1.807) is 19.1 Å². The van der Waals surface area contributed by atoms with E-state index in [9.17, 15) is 5.11 Å². The lowest BCUT2D eigenvalue weighted by molar-refractivity contribution is 0.321. The van der Waals surface area contributed by atoms with Crippen LogP contribution in [0.3, 0.4) is 0 Å². The summed E-state index contributed by atoms with van der Waals surface area (Å²) in [5, 5.41) is 20.9. The summed E-state index contributed by atoms with van der Waals surface area (Å²) in [5.74, 6) is 0.149. The molecule has 3 nitrogen and oxygen atoms in total. The van der Waals surface area contributed by atoms with E-state index in [-0.39, 0.29) is 5.75 Å². The predicted molar refractivity (Wildman–Crippen MR) is 56.1 cm³/mol. The Labute approximate surface area is 83.0 Å². The number of aryl methyl sites for hydroxylation is 1. The molecule has 0 saturated carbocycles. The third kappa shape index (κ3) is 2.13. The highest BCUT2D eigenvalue weighted by molar-refractivity contribution is 5.84. The van der Waals surface area contributed by atoms with Gasteiger partial charge in [-0.1, -0.05) is 17.3 Å². The van der Waals surface area contributed by atoms with Crippen LogP contribution in [0.5, 0.6) is 5.75 Å². The SMILES string of the molecule is C=CCc1cc(C)c(O)c(C=NO)c1. The summed E-state index contributed by atoms with van der Waals surface area (Å²) in [6, 6.07) is 3.65. The molecule has 74 valence electrons. The highest BCUT2D eigenvalue weighted by Gasteiger charge is 2.04. The number of phenols is 1. The summed E-state index contributed by atoms with van der Waals surface area (Å²) < 4.78 is 0. The van der Waals surface area contributed by atoms with E-state index in [0.717, 1.165) is 17.5 Å². The first-order chi connectivity index (χ1) is 6.69. The molecule has 0 aromatic heterocycles. The Morgan fingerprint density at radius 1 is 1.50 bits per heavy atom. The second-order valence-corrected chi connectivity index (χ2v) is 3.09. The average molecular weight is 191 g/mol. The van der Waals surface area contributed by atoms with E-state index in [1.807, 2.05) is 6.07 Å². The summed E-state index contributed by atoms with van der Waals surface area (Å²) >= 11 is 0. The molecule has 0 saturated heterocycles. The molecule has 0 unspecified atom stereocenters. The zero-order valence-corrected chi connectivity index (χ0v) is 8.07. The average Bonchev–Trinajstić information content (AvgIpc) is 2.14. The summed E-state index contributed by atoms with van der Waals surface area (Å²) in [6.45, 7) is 5.44. The lowest BCUT2D eigenvalue weighted by Gasteiger charge is -2.05. The molecule has 0 spiro atoms. The van der Waals surface area contributed by atoms with Crippen LogP contribution in [0.25, 0.3) is 0 Å². The number of hydrogen-bond donors (Lipinski definition) is 2. The van der Waals surface area contributed by atoms with Gasteiger partial charge in [0.05, 0.1) is 6.21 Å². The van der Waals surface area contributed by atoms with Gasteiger partial charge in [-0.25, -0.2) is 0 Å². The molecule has 0 amide bonds. The number of benzene rings is 1. The molecule has 1 aromatic rings. The maximum absolute atomic E-state index is 9.59. The molecular weight excluding hydrogens is 178 g/mol. The van der Waals surface area contributed by atoms with Crippen molar-refractivity contribution in [2.75, 3.05) is 0 Å². The molecule has 0 heterocycles. The predicted octanol–water partition coefficient (Wildman–Crippen LogP) is 2.24. The fraction of sp³-hybridized carbons (Fsp3) is 0.182. The van der Waals surface area contributed by atoms with Crippen LogP contribution >= 0.6 is 0 Å². The van der Waals surface area contributed by atoms with Crippen LogP contribution in [0.15, 0.2) is 29.9 Å². The van der Waals surface area contributed by atoms with Gasteiger partial charge in [0.2, 0.25) is 0 Å². The van der Waals surface area contributed by atoms with Gasteiger partial charge < -0.3 is 10.3 Å². The molecule has 1 aromatic carbocycles. The van der Waals surface area contributed by atoms with Crippen molar-refractivity contribution in [3.8, 4) is 5.75 Å². The third-order valence-corrected chi connectivity index (χ3v) is 1.97. The van der Waals surface area contributed by atoms with Gasteiger partial charge in [0, 0.05) is 5.56 Å². The number of allylic oxidation sites excluding steroid dienone is 1. The minimum absolute atomic E-state index is 0.149. The Kier molecular flexibility index (Phi) is 3.29. The number of hydrogen-bond acceptors (Lipinski definition) is 3. The van der Waals surface area contributed by atoms with Crippen LogP contribution in [-0.2, 0) is 6.42 Å². The van der Waals surface area contributed by atoms with E-state index in [0.29, 0.717) is 5.56 Å². The van der Waals surface area contributed by atoms with Crippen LogP contribution in [0.4, 0.5) is 0 Å². The summed E-state index contributed by atoms with van der Waals surface area (Å²) in [5.41, 5.74) is 2.31. The van der Waals surface area contributed by atoms with Gasteiger partial charge in [-0.3, -0.25) is 0 Å². The molecule has 14 heavy (non-hydrogen) atoms. The van der Waals surface area contributed by atoms with E-state index in [4.69, 9.17) is 5.21 Å². The summed E-state index contributed by atoms with van der Waals surface area (Å²) in [4.78, 5) is 0. The van der Waals surface area contributed by atoms with Crippen molar-refractivity contribution >= 4 is 6.21 Å². The van der Waals surface area contributed by atoms with Crippen molar-refractivity contribution in [1.29, 1.82) is 0 Å². The van der Waals surface area contributed by atoms with Gasteiger partial charge in [-0.2, -0.15) is 0 Å². The maximum atomic E-state index is 9.59. The number of aromatic hydroxyl groups is 1. The van der Waals surface area contributed by atoms with Crippen LogP contribution in [0, 0.1) is 6.92 Å². The fourth-order valence-electron chi connectivity index (χ4n) is 1.33. The molecule has 0 radical (unpaired) electrons. The zero-order chi connectivity index (χ0) is 10.6. The molecule has 0 bridgehead atoms. The van der Waals surface area contributed by atoms with Gasteiger partial charge in [0.25, 0.3) is 0 Å². The van der Waals surface area contributed by atoms with Crippen molar-refractivity contribution in [3.05, 3.63) is 41.5 Å². The molecule has 0 atom stereocenters. The lowest BCUT2D eigenvalue weighted by Crippen LogP contribution is -1.90. The monoisotopic (exact) mass is 191 g/mol. The van der Waals surface area contributed by atoms with Crippen molar-refractivity contribution in [3.63, 3.8) is 0 Å². The van der Waals surface area contributed by atoms with E-state index >= 15 is 0 Å². The van der Waals surface area contributed by atoms with Crippen LogP contribution < -0.4 is 0 Å². The molecule has 0 aliphatic carbocycles. The van der Waals surface area contributed by atoms with Crippen LogP contribution in [0.2, 0.25) is 0 Å². The lowest BCUT2D eigenvalue weighted by atomic mass is 10.0. The molecule has 3 heteroatoms. The zero-order valence-electron chi connectivity index (χ0n) is 8.07. The van der Waals surface area contributed by atoms with E-state index in [1.165, 1.54) is 6.21 Å². The molecular formula is C11H13NO2. The second-order valence-electron chi connectivity index (χ2n) is 3.09. The minimum atomic E-state index is 0.149. The van der Waals surface area contributed by atoms with Crippen LogP contribution in [-0.4, -0.2) is 16.5 Å². The Morgan fingerprint density at radius 2 is 2.21 bits per heavy atom. The van der Waals surface area contributed by atoms with Crippen molar-refractivity contribution in [2.24, 2.45) is 5.16 Å². The van der Waals surface area contributed by atoms with Gasteiger partial charge in [0.1, 0.15) is 5.75 Å². The molecule has 2 N–H and O–H groups in total. The first-order valence-electron chi connectivity index (χ1n) is 4.30. The normalized spacial score (nSPS) is 10.6. The van der Waals surface area contributed by atoms with E-state index in [2.05, 4.69) is 11.7 Å². The van der Waals surface area contributed by atoms with E-state index < -0.39 is 0 Å². The van der Waals surface area contributed by atoms with Gasteiger partial charge in [-0.15, -0.1) is 6.58 Å². The number of nitrogens with zero attached hydrogens (tertiary/aromatic N) is 1. The van der Waals surface area contributed by atoms with Crippen molar-refractivity contribution < 1.29 is 10.3 Å².